The highest BCUT2D eigenvalue weighted by atomic mass is 16.3. The molecule has 0 saturated heterocycles. The van der Waals surface area contributed by atoms with E-state index in [1.54, 1.807) is 0 Å². The van der Waals surface area contributed by atoms with E-state index < -0.39 is 0 Å². The Hall–Kier alpha value is -3.65. The van der Waals surface area contributed by atoms with Gasteiger partial charge in [-0.2, -0.15) is 4.57 Å². The van der Waals surface area contributed by atoms with Gasteiger partial charge in [-0.25, -0.2) is 0 Å². The van der Waals surface area contributed by atoms with Crippen LogP contribution >= 0.6 is 0 Å². The summed E-state index contributed by atoms with van der Waals surface area (Å²) in [6, 6.07) is 26.6. The van der Waals surface area contributed by atoms with E-state index in [1.807, 2.05) is 0 Å². The second-order valence-corrected chi connectivity index (χ2v) is 13.0. The summed E-state index contributed by atoms with van der Waals surface area (Å²) in [6.45, 7) is 13.9. The van der Waals surface area contributed by atoms with Crippen molar-refractivity contribution in [3.63, 3.8) is 0 Å². The lowest BCUT2D eigenvalue weighted by atomic mass is 9.87. The lowest BCUT2D eigenvalue weighted by Crippen LogP contribution is -2.35. The van der Waals surface area contributed by atoms with E-state index in [0.29, 0.717) is 5.92 Å². The van der Waals surface area contributed by atoms with Crippen LogP contribution in [0.5, 0.6) is 0 Å². The van der Waals surface area contributed by atoms with Gasteiger partial charge in [0.05, 0.1) is 5.56 Å². The van der Waals surface area contributed by atoms with Crippen molar-refractivity contribution >= 4 is 27.6 Å². The average molecular weight is 515 g/mol. The van der Waals surface area contributed by atoms with Crippen molar-refractivity contribution in [3.05, 3.63) is 95.7 Å². The van der Waals surface area contributed by atoms with Gasteiger partial charge in [-0.1, -0.05) is 83.1 Å². The Morgan fingerprint density at radius 3 is 2.38 bits per heavy atom. The van der Waals surface area contributed by atoms with Crippen molar-refractivity contribution in [2.45, 2.75) is 67.2 Å². The maximum Gasteiger partial charge on any atom is 0.222 e. The number of pyridine rings is 1. The minimum Gasteiger partial charge on any atom is -0.455 e. The Morgan fingerprint density at radius 2 is 1.64 bits per heavy atom. The fourth-order valence-electron chi connectivity index (χ4n) is 6.17. The largest absolute Gasteiger partial charge is 0.455 e. The van der Waals surface area contributed by atoms with Crippen LogP contribution in [0.3, 0.4) is 0 Å². The highest BCUT2D eigenvalue weighted by molar-refractivity contribution is 6.10. The van der Waals surface area contributed by atoms with E-state index in [4.69, 9.17) is 4.42 Å². The number of furan rings is 1. The molecule has 0 N–H and O–H groups in total. The summed E-state index contributed by atoms with van der Waals surface area (Å²) in [7, 11) is 0. The third-order valence-electron chi connectivity index (χ3n) is 8.04. The van der Waals surface area contributed by atoms with Gasteiger partial charge < -0.3 is 4.42 Å². The first-order chi connectivity index (χ1) is 18.7. The Balaban J connectivity index is 1.59. The van der Waals surface area contributed by atoms with Crippen LogP contribution in [-0.4, -0.2) is 0 Å². The summed E-state index contributed by atoms with van der Waals surface area (Å²) >= 11 is 0. The van der Waals surface area contributed by atoms with Gasteiger partial charge in [-0.15, -0.1) is 0 Å². The minimum atomic E-state index is 0.220. The van der Waals surface area contributed by atoms with Crippen LogP contribution in [0.4, 0.5) is 0 Å². The Morgan fingerprint density at radius 1 is 0.872 bits per heavy atom. The van der Waals surface area contributed by atoms with Gasteiger partial charge in [0.25, 0.3) is 0 Å². The van der Waals surface area contributed by atoms with Crippen LogP contribution in [0.2, 0.25) is 0 Å². The van der Waals surface area contributed by atoms with Gasteiger partial charge in [0.2, 0.25) is 5.69 Å². The van der Waals surface area contributed by atoms with E-state index >= 15 is 0 Å². The molecule has 0 fully saturated rings. The van der Waals surface area contributed by atoms with Gasteiger partial charge in [0.1, 0.15) is 11.2 Å². The Labute approximate surface area is 233 Å². The SMILES string of the molecule is CC1=C(CCC(C)C)[n+]2ccc(CC(C)(C)C)cc2-c2c(ccc3c2oc2cc(-c4ccccc4)ccc23)C1. The molecule has 3 heterocycles. The molecular formula is C37H40NO+. The molecule has 0 bridgehead atoms. The molecule has 1 aliphatic rings. The van der Waals surface area contributed by atoms with Crippen LogP contribution in [0.15, 0.2) is 89.0 Å². The molecule has 2 heteroatoms. The number of rotatable bonds is 5. The number of hydrogen-bond acceptors (Lipinski definition) is 1. The Kier molecular flexibility index (Phi) is 6.46. The highest BCUT2D eigenvalue weighted by Crippen LogP contribution is 2.41. The summed E-state index contributed by atoms with van der Waals surface area (Å²) in [5.41, 5.74) is 12.7. The summed E-state index contributed by atoms with van der Waals surface area (Å²) in [5.74, 6) is 0.668. The monoisotopic (exact) mass is 514 g/mol. The zero-order valence-corrected chi connectivity index (χ0v) is 24.3. The van der Waals surface area contributed by atoms with Gasteiger partial charge >= 0.3 is 0 Å². The van der Waals surface area contributed by atoms with E-state index in [-0.39, 0.29) is 5.41 Å². The smallest absolute Gasteiger partial charge is 0.222 e. The van der Waals surface area contributed by atoms with Gasteiger partial charge in [0, 0.05) is 35.7 Å². The predicted molar refractivity (Wildman–Crippen MR) is 165 cm³/mol. The molecule has 6 rings (SSSR count). The highest BCUT2D eigenvalue weighted by Gasteiger charge is 2.31. The summed E-state index contributed by atoms with van der Waals surface area (Å²) < 4.78 is 9.27. The van der Waals surface area contributed by atoms with Gasteiger partial charge in [-0.3, -0.25) is 0 Å². The number of benzene rings is 3. The Bertz CT molecular complexity index is 1710. The lowest BCUT2D eigenvalue weighted by Gasteiger charge is -2.18. The maximum atomic E-state index is 6.80. The first-order valence-corrected chi connectivity index (χ1v) is 14.5. The molecule has 1 aliphatic heterocycles. The fraction of sp³-hybridized carbons (Fsp3) is 0.324. The molecule has 2 nitrogen and oxygen atoms in total. The number of allylic oxidation sites excluding steroid dienone is 2. The molecule has 198 valence electrons. The molecule has 0 unspecified atom stereocenters. The van der Waals surface area contributed by atoms with Crippen molar-refractivity contribution < 1.29 is 8.98 Å². The second kappa shape index (κ2) is 9.83. The van der Waals surface area contributed by atoms with E-state index in [1.165, 1.54) is 62.0 Å². The second-order valence-electron chi connectivity index (χ2n) is 13.0. The van der Waals surface area contributed by atoms with E-state index in [0.717, 1.165) is 30.4 Å². The van der Waals surface area contributed by atoms with Crippen LogP contribution in [0.25, 0.3) is 50.0 Å². The molecule has 0 saturated carbocycles. The van der Waals surface area contributed by atoms with Crippen LogP contribution in [0, 0.1) is 11.3 Å². The molecule has 0 amide bonds. The maximum absolute atomic E-state index is 6.80. The minimum absolute atomic E-state index is 0.220. The van der Waals surface area contributed by atoms with Crippen molar-refractivity contribution in [1.29, 1.82) is 0 Å². The van der Waals surface area contributed by atoms with Crippen molar-refractivity contribution in [2.75, 3.05) is 0 Å². The number of fused-ring (bicyclic) bond motifs is 7. The molecular weight excluding hydrogens is 474 g/mol. The topological polar surface area (TPSA) is 17.0 Å². The van der Waals surface area contributed by atoms with Gasteiger partial charge in [-0.05, 0) is 71.1 Å². The first kappa shape index (κ1) is 25.6. The molecule has 2 aromatic heterocycles. The quantitative estimate of drug-likeness (QED) is 0.213. The summed E-state index contributed by atoms with van der Waals surface area (Å²) in [4.78, 5) is 0. The number of hydrogen-bond donors (Lipinski definition) is 0. The first-order valence-electron chi connectivity index (χ1n) is 14.5. The lowest BCUT2D eigenvalue weighted by molar-refractivity contribution is -0.572. The zero-order valence-electron chi connectivity index (χ0n) is 24.3. The number of aromatic nitrogens is 1. The van der Waals surface area contributed by atoms with E-state index in [9.17, 15) is 0 Å². The van der Waals surface area contributed by atoms with Crippen molar-refractivity contribution in [2.24, 2.45) is 11.3 Å². The summed E-state index contributed by atoms with van der Waals surface area (Å²) in [6.07, 6.45) is 6.57. The third kappa shape index (κ3) is 4.93. The van der Waals surface area contributed by atoms with Gasteiger partial charge in [0.15, 0.2) is 11.9 Å². The molecule has 3 aromatic carbocycles. The van der Waals surface area contributed by atoms with E-state index in [2.05, 4.69) is 125 Å². The summed E-state index contributed by atoms with van der Waals surface area (Å²) in [5, 5.41) is 2.37. The predicted octanol–water partition coefficient (Wildman–Crippen LogP) is 10.0. The molecule has 39 heavy (non-hydrogen) atoms. The molecule has 0 atom stereocenters. The third-order valence-corrected chi connectivity index (χ3v) is 8.04. The molecule has 0 spiro atoms. The average Bonchev–Trinajstić information content (AvgIpc) is 3.21. The molecule has 5 aromatic rings. The van der Waals surface area contributed by atoms with Crippen molar-refractivity contribution in [1.82, 2.24) is 0 Å². The van der Waals surface area contributed by atoms with Crippen LogP contribution in [0.1, 0.15) is 65.5 Å². The van der Waals surface area contributed by atoms with Crippen LogP contribution < -0.4 is 4.57 Å². The standard InChI is InChI=1S/C37H40NO/c1-24(2)12-17-32-25(3)20-29-14-16-31-30-15-13-28(27-10-8-7-9-11-27)22-34(30)39-36(31)35(29)33-21-26(18-19-38(32)33)23-37(4,5)6/h7-11,13-16,18-19,21-22,24H,12,17,20,23H2,1-6H3/q+1. The molecule has 0 radical (unpaired) electrons. The van der Waals surface area contributed by atoms with Crippen LogP contribution in [-0.2, 0) is 12.8 Å². The normalized spacial score (nSPS) is 13.7. The zero-order chi connectivity index (χ0) is 27.3. The fourth-order valence-corrected chi connectivity index (χ4v) is 6.17. The van der Waals surface area contributed by atoms with Crippen molar-refractivity contribution in [3.8, 4) is 22.4 Å². The number of nitrogens with zero attached hydrogens (tertiary/aromatic N) is 1. The molecule has 0 aliphatic carbocycles.